The van der Waals surface area contributed by atoms with E-state index in [9.17, 15) is 0 Å². The molecular weight excluding hydrogens is 124 g/mol. The van der Waals surface area contributed by atoms with E-state index in [1.54, 1.807) is 0 Å². The molecule has 1 saturated heterocycles. The monoisotopic (exact) mass is 142 g/mol. The van der Waals surface area contributed by atoms with Gasteiger partial charge in [-0.05, 0) is 38.9 Å². The molecule has 1 atom stereocenters. The van der Waals surface area contributed by atoms with Crippen molar-refractivity contribution in [2.45, 2.75) is 32.2 Å². The van der Waals surface area contributed by atoms with Crippen molar-refractivity contribution in [3.8, 4) is 0 Å². The molecule has 0 aliphatic carbocycles. The molecule has 10 heavy (non-hydrogen) atoms. The first-order valence-electron chi connectivity index (χ1n) is 4.32. The molecule has 2 N–H and O–H groups in total. The molecule has 0 saturated carbocycles. The van der Waals surface area contributed by atoms with Crippen LogP contribution in [0, 0.1) is 0 Å². The molecule has 2 nitrogen and oxygen atoms in total. The highest BCUT2D eigenvalue weighted by Gasteiger charge is 2.21. The molecule has 0 unspecified atom stereocenters. The summed E-state index contributed by atoms with van der Waals surface area (Å²) in [6, 6.07) is 0.801. The molecule has 0 amide bonds. The summed E-state index contributed by atoms with van der Waals surface area (Å²) >= 11 is 0. The van der Waals surface area contributed by atoms with Crippen molar-refractivity contribution < 1.29 is 0 Å². The zero-order valence-electron chi connectivity index (χ0n) is 6.84. The summed E-state index contributed by atoms with van der Waals surface area (Å²) < 4.78 is 0. The summed E-state index contributed by atoms with van der Waals surface area (Å²) in [4.78, 5) is 2.53. The van der Waals surface area contributed by atoms with Crippen LogP contribution in [0.15, 0.2) is 0 Å². The molecule has 0 aromatic rings. The van der Waals surface area contributed by atoms with Crippen molar-refractivity contribution in [2.75, 3.05) is 19.6 Å². The quantitative estimate of drug-likeness (QED) is 0.632. The van der Waals surface area contributed by atoms with E-state index in [-0.39, 0.29) is 0 Å². The van der Waals surface area contributed by atoms with Crippen molar-refractivity contribution >= 4 is 0 Å². The van der Waals surface area contributed by atoms with Crippen LogP contribution in [-0.4, -0.2) is 30.6 Å². The van der Waals surface area contributed by atoms with Crippen LogP contribution in [0.5, 0.6) is 0 Å². The van der Waals surface area contributed by atoms with Crippen LogP contribution in [0.3, 0.4) is 0 Å². The van der Waals surface area contributed by atoms with Gasteiger partial charge in [0, 0.05) is 6.04 Å². The fraction of sp³-hybridized carbons (Fsp3) is 1.00. The highest BCUT2D eigenvalue weighted by molar-refractivity contribution is 4.77. The van der Waals surface area contributed by atoms with Gasteiger partial charge in [0.05, 0.1) is 0 Å². The van der Waals surface area contributed by atoms with Crippen LogP contribution >= 0.6 is 0 Å². The molecule has 1 rings (SSSR count). The second-order valence-electron chi connectivity index (χ2n) is 3.00. The topological polar surface area (TPSA) is 29.3 Å². The average Bonchev–Trinajstić information content (AvgIpc) is 2.36. The van der Waals surface area contributed by atoms with E-state index >= 15 is 0 Å². The molecule has 0 aromatic heterocycles. The minimum absolute atomic E-state index is 0.801. The molecular formula is C8H18N2. The van der Waals surface area contributed by atoms with Crippen molar-refractivity contribution in [1.29, 1.82) is 0 Å². The van der Waals surface area contributed by atoms with Crippen molar-refractivity contribution in [2.24, 2.45) is 5.73 Å². The van der Waals surface area contributed by atoms with Gasteiger partial charge in [-0.15, -0.1) is 0 Å². The lowest BCUT2D eigenvalue weighted by Gasteiger charge is -2.21. The van der Waals surface area contributed by atoms with Crippen LogP contribution in [-0.2, 0) is 0 Å². The molecule has 1 aliphatic rings. The Hall–Kier alpha value is -0.0800. The highest BCUT2D eigenvalue weighted by atomic mass is 15.2. The van der Waals surface area contributed by atoms with Gasteiger partial charge in [-0.1, -0.05) is 6.92 Å². The molecule has 0 aromatic carbocycles. The normalized spacial score (nSPS) is 27.6. The Morgan fingerprint density at radius 3 is 3.00 bits per heavy atom. The standard InChI is InChI=1S/C8H18N2/c1-2-10-7-3-4-8(10)5-6-9/h8H,2-7,9H2,1H3/t8-/m1/s1. The van der Waals surface area contributed by atoms with Crippen molar-refractivity contribution in [3.63, 3.8) is 0 Å². The Balaban J connectivity index is 2.27. The van der Waals surface area contributed by atoms with Crippen molar-refractivity contribution in [3.05, 3.63) is 0 Å². The van der Waals surface area contributed by atoms with Gasteiger partial charge >= 0.3 is 0 Å². The van der Waals surface area contributed by atoms with E-state index in [2.05, 4.69) is 11.8 Å². The predicted molar refractivity (Wildman–Crippen MR) is 43.9 cm³/mol. The molecule has 1 heterocycles. The van der Waals surface area contributed by atoms with E-state index in [0.29, 0.717) is 0 Å². The van der Waals surface area contributed by atoms with Gasteiger partial charge < -0.3 is 10.6 Å². The van der Waals surface area contributed by atoms with E-state index in [1.807, 2.05) is 0 Å². The Morgan fingerprint density at radius 1 is 1.60 bits per heavy atom. The lowest BCUT2D eigenvalue weighted by atomic mass is 10.1. The molecule has 0 spiro atoms. The van der Waals surface area contributed by atoms with Crippen LogP contribution in [0.4, 0.5) is 0 Å². The molecule has 0 bridgehead atoms. The second-order valence-corrected chi connectivity index (χ2v) is 3.00. The van der Waals surface area contributed by atoms with Crippen LogP contribution in [0.25, 0.3) is 0 Å². The van der Waals surface area contributed by atoms with E-state index < -0.39 is 0 Å². The minimum atomic E-state index is 0.801. The average molecular weight is 142 g/mol. The van der Waals surface area contributed by atoms with Crippen LogP contribution < -0.4 is 5.73 Å². The zero-order chi connectivity index (χ0) is 7.40. The minimum Gasteiger partial charge on any atom is -0.330 e. The van der Waals surface area contributed by atoms with Gasteiger partial charge in [-0.25, -0.2) is 0 Å². The molecule has 1 fully saturated rings. The number of hydrogen-bond donors (Lipinski definition) is 1. The third kappa shape index (κ3) is 1.70. The largest absolute Gasteiger partial charge is 0.330 e. The molecule has 0 radical (unpaired) electrons. The highest BCUT2D eigenvalue weighted by Crippen LogP contribution is 2.18. The van der Waals surface area contributed by atoms with Gasteiger partial charge in [0.1, 0.15) is 0 Å². The summed E-state index contributed by atoms with van der Waals surface area (Å²) in [5.41, 5.74) is 5.50. The third-order valence-corrected chi connectivity index (χ3v) is 2.41. The fourth-order valence-corrected chi connectivity index (χ4v) is 1.83. The number of nitrogens with zero attached hydrogens (tertiary/aromatic N) is 1. The first-order valence-corrected chi connectivity index (χ1v) is 4.32. The van der Waals surface area contributed by atoms with Gasteiger partial charge in [0.15, 0.2) is 0 Å². The van der Waals surface area contributed by atoms with E-state index in [4.69, 9.17) is 5.73 Å². The second kappa shape index (κ2) is 3.94. The maximum absolute atomic E-state index is 5.50. The lowest BCUT2D eigenvalue weighted by Crippen LogP contribution is -2.30. The summed E-state index contributed by atoms with van der Waals surface area (Å²) in [7, 11) is 0. The third-order valence-electron chi connectivity index (χ3n) is 2.41. The zero-order valence-corrected chi connectivity index (χ0v) is 6.84. The van der Waals surface area contributed by atoms with Crippen molar-refractivity contribution in [1.82, 2.24) is 4.90 Å². The number of likely N-dealkylation sites (tertiary alicyclic amines) is 1. The van der Waals surface area contributed by atoms with E-state index in [0.717, 1.165) is 12.6 Å². The summed E-state index contributed by atoms with van der Waals surface area (Å²) in [5, 5.41) is 0. The Morgan fingerprint density at radius 2 is 2.40 bits per heavy atom. The van der Waals surface area contributed by atoms with Gasteiger partial charge in [-0.2, -0.15) is 0 Å². The van der Waals surface area contributed by atoms with Gasteiger partial charge in [-0.3, -0.25) is 0 Å². The van der Waals surface area contributed by atoms with Gasteiger partial charge in [0.2, 0.25) is 0 Å². The lowest BCUT2D eigenvalue weighted by molar-refractivity contribution is 0.258. The summed E-state index contributed by atoms with van der Waals surface area (Å²) in [6.07, 6.45) is 3.93. The summed E-state index contributed by atoms with van der Waals surface area (Å²) in [6.45, 7) is 5.57. The fourth-order valence-electron chi connectivity index (χ4n) is 1.83. The maximum Gasteiger partial charge on any atom is 0.0108 e. The molecule has 60 valence electrons. The maximum atomic E-state index is 5.50. The number of rotatable bonds is 3. The van der Waals surface area contributed by atoms with Gasteiger partial charge in [0.25, 0.3) is 0 Å². The van der Waals surface area contributed by atoms with E-state index in [1.165, 1.54) is 32.4 Å². The smallest absolute Gasteiger partial charge is 0.0108 e. The van der Waals surface area contributed by atoms with Crippen LogP contribution in [0.1, 0.15) is 26.2 Å². The number of nitrogens with two attached hydrogens (primary N) is 1. The molecule has 1 aliphatic heterocycles. The number of hydrogen-bond acceptors (Lipinski definition) is 2. The first-order chi connectivity index (χ1) is 4.88. The first kappa shape index (κ1) is 8.02. The Kier molecular flexibility index (Phi) is 3.16. The predicted octanol–water partition coefficient (Wildman–Crippen LogP) is 0.820. The Labute approximate surface area is 63.4 Å². The summed E-state index contributed by atoms with van der Waals surface area (Å²) in [5.74, 6) is 0. The van der Waals surface area contributed by atoms with Crippen LogP contribution in [0.2, 0.25) is 0 Å². The SMILES string of the molecule is CCN1CCC[C@@H]1CCN. The molecule has 2 heteroatoms. The Bertz CT molecular complexity index is 93.3.